The van der Waals surface area contributed by atoms with Crippen LogP contribution < -0.4 is 26.0 Å². The quantitative estimate of drug-likeness (QED) is 0.134. The number of rotatable bonds is 12. The summed E-state index contributed by atoms with van der Waals surface area (Å²) in [7, 11) is -8.72. The van der Waals surface area contributed by atoms with Crippen molar-refractivity contribution in [2.24, 2.45) is 0 Å². The molecule has 0 radical (unpaired) electrons. The predicted molar refractivity (Wildman–Crippen MR) is 199 cm³/mol. The Hall–Kier alpha value is -4.25. The van der Waals surface area contributed by atoms with E-state index in [1.807, 2.05) is 96.1 Å². The smallest absolute Gasteiger partial charge is 0.362 e. The molecule has 0 saturated carbocycles. The van der Waals surface area contributed by atoms with E-state index < -0.39 is 37.4 Å². The zero-order valence-electron chi connectivity index (χ0n) is 27.7. The lowest BCUT2D eigenvalue weighted by atomic mass is 10.2. The van der Waals surface area contributed by atoms with Gasteiger partial charge in [-0.1, -0.05) is 53.4 Å². The van der Waals surface area contributed by atoms with E-state index in [2.05, 4.69) is 0 Å². The number of thioether (sulfide) groups is 1. The monoisotopic (exact) mass is 764 g/mol. The first-order valence-corrected chi connectivity index (χ1v) is 20.8. The van der Waals surface area contributed by atoms with E-state index in [4.69, 9.17) is 4.42 Å². The summed E-state index contributed by atoms with van der Waals surface area (Å²) in [5.41, 5.74) is 4.29. The van der Waals surface area contributed by atoms with Crippen LogP contribution in [-0.2, 0) is 26.8 Å². The number of thiazole rings is 1. The third-order valence-corrected chi connectivity index (χ3v) is 11.9. The van der Waals surface area contributed by atoms with Crippen molar-refractivity contribution in [1.82, 2.24) is 4.57 Å². The zero-order chi connectivity index (χ0) is 36.3. The lowest BCUT2D eigenvalue weighted by Crippen LogP contribution is -2.36. The van der Waals surface area contributed by atoms with Crippen LogP contribution in [-0.4, -0.2) is 48.6 Å². The average molecular weight is 765 g/mol. The SMILES string of the molecule is Cc1ccc2c(c1)N(CCCS(=O)(=O)[O-])C(=CC=c1c(=O)oc(=CC=Cc3sc4ccc(C)cc4[n+]3CCCS(=O)(=O)[O-])n1-c1ccccc1)S2. The summed E-state index contributed by atoms with van der Waals surface area (Å²) in [6.45, 7) is 4.57. The van der Waals surface area contributed by atoms with Gasteiger partial charge in [0.25, 0.3) is 5.01 Å². The van der Waals surface area contributed by atoms with Gasteiger partial charge in [-0.15, -0.1) is 0 Å². The van der Waals surface area contributed by atoms with Gasteiger partial charge in [-0.3, -0.25) is 4.57 Å². The lowest BCUT2D eigenvalue weighted by molar-refractivity contribution is -0.668. The van der Waals surface area contributed by atoms with Crippen LogP contribution >= 0.6 is 23.1 Å². The average Bonchev–Trinajstić information content (AvgIpc) is 3.69. The summed E-state index contributed by atoms with van der Waals surface area (Å²) in [6, 6.07) is 21.3. The molecule has 3 heterocycles. The second-order valence-electron chi connectivity index (χ2n) is 12.0. The molecule has 0 amide bonds. The van der Waals surface area contributed by atoms with E-state index in [0.29, 0.717) is 18.8 Å². The molecule has 0 saturated heterocycles. The Morgan fingerprint density at radius 1 is 0.863 bits per heavy atom. The standard InChI is InChI=1S/C36H35N3O8S4/c1-25-13-16-31-29(23-25)37(19-7-21-50(41,42)43)34(48-31)12-6-11-33-39(27-9-4-3-5-10-27)28(36(40)47-33)15-18-35-38(20-8-22-51(44,45)46)30-24-26(2)14-17-32(30)49-35/h3-6,9-18,23-24H,7-8,19-22H2,1-2H3,(H-,41,42,43,44,45,46)/p-1. The van der Waals surface area contributed by atoms with Crippen molar-refractivity contribution in [3.05, 3.63) is 121 Å². The van der Waals surface area contributed by atoms with Gasteiger partial charge < -0.3 is 18.4 Å². The molecule has 51 heavy (non-hydrogen) atoms. The van der Waals surface area contributed by atoms with Crippen LogP contribution in [0.1, 0.15) is 29.0 Å². The maximum atomic E-state index is 13.4. The van der Waals surface area contributed by atoms with Crippen molar-refractivity contribution < 1.29 is 34.9 Å². The second kappa shape index (κ2) is 15.2. The number of allylic oxidation sites excluding steroid dienone is 2. The Labute approximate surface area is 303 Å². The van der Waals surface area contributed by atoms with Gasteiger partial charge in [-0.2, -0.15) is 4.57 Å². The molecule has 0 N–H and O–H groups in total. The Morgan fingerprint density at radius 3 is 2.31 bits per heavy atom. The molecule has 0 fully saturated rings. The van der Waals surface area contributed by atoms with E-state index in [1.54, 1.807) is 28.9 Å². The van der Waals surface area contributed by atoms with Crippen molar-refractivity contribution in [3.63, 3.8) is 0 Å². The summed E-state index contributed by atoms with van der Waals surface area (Å²) >= 11 is 3.00. The Kier molecular flexibility index (Phi) is 10.9. The molecule has 0 atom stereocenters. The minimum absolute atomic E-state index is 0.141. The maximum Gasteiger partial charge on any atom is 0.362 e. The van der Waals surface area contributed by atoms with Gasteiger partial charge in [0.2, 0.25) is 11.1 Å². The summed E-state index contributed by atoms with van der Waals surface area (Å²) in [5, 5.41) is 1.85. The van der Waals surface area contributed by atoms with Crippen LogP contribution in [0.3, 0.4) is 0 Å². The molecule has 0 bridgehead atoms. The number of hydrogen-bond acceptors (Lipinski definition) is 11. The molecule has 0 aliphatic carbocycles. The van der Waals surface area contributed by atoms with Crippen molar-refractivity contribution in [2.75, 3.05) is 23.0 Å². The van der Waals surface area contributed by atoms with Gasteiger partial charge in [-0.25, -0.2) is 21.6 Å². The molecule has 1 aliphatic heterocycles. The van der Waals surface area contributed by atoms with Crippen molar-refractivity contribution >= 4 is 77.5 Å². The van der Waals surface area contributed by atoms with E-state index in [0.717, 1.165) is 42.0 Å². The van der Waals surface area contributed by atoms with E-state index in [1.165, 1.54) is 23.1 Å². The number of aryl methyl sites for hydroxylation is 3. The summed E-state index contributed by atoms with van der Waals surface area (Å²) in [6.07, 6.45) is 9.07. The molecule has 0 spiro atoms. The van der Waals surface area contributed by atoms with E-state index in [-0.39, 0.29) is 23.7 Å². The molecule has 15 heteroatoms. The first-order valence-electron chi connectivity index (χ1n) is 16.0. The number of nitrogens with zero attached hydrogens (tertiary/aromatic N) is 3. The normalized spacial score (nSPS) is 15.2. The molecule has 6 rings (SSSR count). The van der Waals surface area contributed by atoms with Crippen molar-refractivity contribution in [2.45, 2.75) is 38.1 Å². The van der Waals surface area contributed by atoms with Crippen LogP contribution in [0, 0.1) is 13.8 Å². The van der Waals surface area contributed by atoms with Gasteiger partial charge >= 0.3 is 5.63 Å². The molecular weight excluding hydrogens is 731 g/mol. The highest BCUT2D eigenvalue weighted by molar-refractivity contribution is 8.03. The number of anilines is 1. The summed E-state index contributed by atoms with van der Waals surface area (Å²) < 4.78 is 78.3. The fourth-order valence-corrected chi connectivity index (χ4v) is 8.91. The highest BCUT2D eigenvalue weighted by Gasteiger charge is 2.25. The third-order valence-electron chi connectivity index (χ3n) is 8.07. The van der Waals surface area contributed by atoms with Gasteiger partial charge in [0.15, 0.2) is 6.54 Å². The number of oxazole rings is 1. The molecule has 5 aromatic rings. The van der Waals surface area contributed by atoms with Crippen LogP contribution in [0.2, 0.25) is 0 Å². The Morgan fingerprint density at radius 2 is 1.57 bits per heavy atom. The van der Waals surface area contributed by atoms with Gasteiger partial charge in [0, 0.05) is 47.2 Å². The van der Waals surface area contributed by atoms with Gasteiger partial charge in [0.05, 0.1) is 31.0 Å². The molecule has 11 nitrogen and oxygen atoms in total. The summed E-state index contributed by atoms with van der Waals surface area (Å²) in [4.78, 5) is 16.3. The minimum Gasteiger partial charge on any atom is -0.748 e. The number of benzene rings is 3. The molecular formula is C36H34N3O8S4-. The van der Waals surface area contributed by atoms with Crippen molar-refractivity contribution in [3.8, 4) is 5.69 Å². The fourth-order valence-electron chi connectivity index (χ4n) is 5.79. The maximum absolute atomic E-state index is 13.4. The largest absolute Gasteiger partial charge is 0.748 e. The number of aromatic nitrogens is 2. The highest BCUT2D eigenvalue weighted by atomic mass is 32.2. The summed E-state index contributed by atoms with van der Waals surface area (Å²) in [5.74, 6) is -0.948. The fraction of sp³-hybridized carbons (Fsp3) is 0.222. The van der Waals surface area contributed by atoms with Crippen LogP contribution in [0.5, 0.6) is 0 Å². The number of para-hydroxylation sites is 1. The van der Waals surface area contributed by atoms with Crippen LogP contribution in [0.25, 0.3) is 34.1 Å². The van der Waals surface area contributed by atoms with Crippen molar-refractivity contribution in [1.29, 1.82) is 0 Å². The van der Waals surface area contributed by atoms with Crippen LogP contribution in [0.15, 0.2) is 98.0 Å². The Bertz CT molecular complexity index is 2570. The topological polar surface area (TPSA) is 157 Å². The molecule has 2 aromatic heterocycles. The third kappa shape index (κ3) is 8.98. The molecule has 266 valence electrons. The molecule has 0 unspecified atom stereocenters. The van der Waals surface area contributed by atoms with Gasteiger partial charge in [0.1, 0.15) is 10.0 Å². The second-order valence-corrected chi connectivity index (χ2v) is 17.2. The van der Waals surface area contributed by atoms with E-state index in [9.17, 15) is 30.7 Å². The lowest BCUT2D eigenvalue weighted by Gasteiger charge is -2.21. The number of hydrogen-bond donors (Lipinski definition) is 0. The van der Waals surface area contributed by atoms with E-state index >= 15 is 0 Å². The number of fused-ring (bicyclic) bond motifs is 2. The highest BCUT2D eigenvalue weighted by Crippen LogP contribution is 2.46. The molecule has 3 aromatic carbocycles. The van der Waals surface area contributed by atoms with Crippen LogP contribution in [0.4, 0.5) is 5.69 Å². The Balaban J connectivity index is 1.40. The molecule has 1 aliphatic rings. The first kappa shape index (κ1) is 36.5. The van der Waals surface area contributed by atoms with Gasteiger partial charge in [-0.05, 0) is 86.0 Å². The minimum atomic E-state index is -4.37. The first-order chi connectivity index (χ1) is 24.3. The predicted octanol–water partition coefficient (Wildman–Crippen LogP) is 4.15. The zero-order valence-corrected chi connectivity index (χ0v) is 31.0.